The second-order valence-electron chi connectivity index (χ2n) is 4.43. The van der Waals surface area contributed by atoms with Crippen molar-refractivity contribution >= 4 is 27.0 Å². The average molecular weight is 345 g/mol. The van der Waals surface area contributed by atoms with E-state index in [9.17, 15) is 22.9 Å². The van der Waals surface area contributed by atoms with Crippen LogP contribution in [0.3, 0.4) is 0 Å². The van der Waals surface area contributed by atoms with Crippen LogP contribution in [0.1, 0.15) is 11.3 Å². The van der Waals surface area contributed by atoms with Crippen LogP contribution in [-0.2, 0) is 16.4 Å². The SMILES string of the molecule is Cc1c(F)cc(S(=O)(=O)NCCc2cscn2)cc1[N+](=O)[O-]. The number of nitro benzene ring substituents is 1. The molecule has 0 aliphatic rings. The summed E-state index contributed by atoms with van der Waals surface area (Å²) in [6.45, 7) is 1.29. The topological polar surface area (TPSA) is 102 Å². The van der Waals surface area contributed by atoms with E-state index in [1.165, 1.54) is 18.3 Å². The molecule has 118 valence electrons. The Bertz CT molecular complexity index is 791. The molecule has 0 atom stereocenters. The molecule has 2 aromatic rings. The Kier molecular flexibility index (Phi) is 4.84. The van der Waals surface area contributed by atoms with Crippen molar-refractivity contribution in [3.05, 3.63) is 50.2 Å². The van der Waals surface area contributed by atoms with E-state index in [0.29, 0.717) is 6.42 Å². The van der Waals surface area contributed by atoms with E-state index in [1.54, 1.807) is 10.9 Å². The fourth-order valence-corrected chi connectivity index (χ4v) is 3.40. The van der Waals surface area contributed by atoms with Gasteiger partial charge in [0.1, 0.15) is 5.82 Å². The molecule has 0 bridgehead atoms. The Morgan fingerprint density at radius 3 is 2.77 bits per heavy atom. The molecule has 0 saturated carbocycles. The zero-order valence-corrected chi connectivity index (χ0v) is 13.1. The molecule has 1 N–H and O–H groups in total. The maximum absolute atomic E-state index is 13.7. The van der Waals surface area contributed by atoms with Gasteiger partial charge in [-0.05, 0) is 13.0 Å². The molecule has 0 aliphatic carbocycles. The standard InChI is InChI=1S/C12H12FN3O4S2/c1-8-11(13)4-10(5-12(8)16(17)18)22(19,20)15-3-2-9-6-21-7-14-9/h4-7,15H,2-3H2,1H3. The molecule has 0 saturated heterocycles. The number of benzene rings is 1. The molecule has 1 heterocycles. The molecule has 1 aromatic carbocycles. The van der Waals surface area contributed by atoms with E-state index in [-0.39, 0.29) is 12.1 Å². The van der Waals surface area contributed by atoms with Crippen LogP contribution in [0.5, 0.6) is 0 Å². The molecule has 2 rings (SSSR count). The smallest absolute Gasteiger partial charge is 0.258 e. The zero-order valence-electron chi connectivity index (χ0n) is 11.4. The Morgan fingerprint density at radius 2 is 2.18 bits per heavy atom. The van der Waals surface area contributed by atoms with Crippen molar-refractivity contribution in [2.75, 3.05) is 6.54 Å². The minimum atomic E-state index is -4.03. The molecule has 7 nitrogen and oxygen atoms in total. The first kappa shape index (κ1) is 16.5. The minimum Gasteiger partial charge on any atom is -0.258 e. The molecule has 0 amide bonds. The molecule has 0 unspecified atom stereocenters. The van der Waals surface area contributed by atoms with Crippen molar-refractivity contribution in [3.63, 3.8) is 0 Å². The third-order valence-electron chi connectivity index (χ3n) is 2.95. The van der Waals surface area contributed by atoms with Crippen molar-refractivity contribution in [2.24, 2.45) is 0 Å². The summed E-state index contributed by atoms with van der Waals surface area (Å²) in [4.78, 5) is 13.6. The molecule has 0 aliphatic heterocycles. The minimum absolute atomic E-state index is 0.0648. The van der Waals surface area contributed by atoms with Gasteiger partial charge in [0.25, 0.3) is 5.69 Å². The Labute approximate surface area is 130 Å². The summed E-state index contributed by atoms with van der Waals surface area (Å²) in [5.74, 6) is -0.936. The Morgan fingerprint density at radius 1 is 1.45 bits per heavy atom. The lowest BCUT2D eigenvalue weighted by molar-refractivity contribution is -0.385. The average Bonchev–Trinajstić information content (AvgIpc) is 2.94. The van der Waals surface area contributed by atoms with E-state index in [2.05, 4.69) is 9.71 Å². The van der Waals surface area contributed by atoms with Gasteiger partial charge in [0, 0.05) is 24.4 Å². The summed E-state index contributed by atoms with van der Waals surface area (Å²) in [6, 6.07) is 1.62. The number of aromatic nitrogens is 1. The van der Waals surface area contributed by atoms with Crippen LogP contribution >= 0.6 is 11.3 Å². The highest BCUT2D eigenvalue weighted by Gasteiger charge is 2.22. The van der Waals surface area contributed by atoms with Gasteiger partial charge < -0.3 is 0 Å². The molecule has 1 aromatic heterocycles. The lowest BCUT2D eigenvalue weighted by Crippen LogP contribution is -2.26. The largest absolute Gasteiger partial charge is 0.276 e. The first-order valence-corrected chi connectivity index (χ1v) is 8.55. The van der Waals surface area contributed by atoms with Gasteiger partial charge >= 0.3 is 0 Å². The summed E-state index contributed by atoms with van der Waals surface area (Å²) in [5, 5.41) is 12.6. The predicted octanol–water partition coefficient (Wildman–Crippen LogP) is 2.02. The second kappa shape index (κ2) is 6.46. The van der Waals surface area contributed by atoms with Crippen molar-refractivity contribution in [1.29, 1.82) is 0 Å². The maximum atomic E-state index is 13.7. The number of rotatable bonds is 6. The molecule has 0 fully saturated rings. The van der Waals surface area contributed by atoms with Gasteiger partial charge in [-0.1, -0.05) is 0 Å². The third-order valence-corrected chi connectivity index (χ3v) is 5.03. The predicted molar refractivity (Wildman–Crippen MR) is 78.8 cm³/mol. The summed E-state index contributed by atoms with van der Waals surface area (Å²) in [7, 11) is -4.03. The van der Waals surface area contributed by atoms with E-state index in [1.807, 2.05) is 0 Å². The van der Waals surface area contributed by atoms with Crippen LogP contribution in [0.25, 0.3) is 0 Å². The van der Waals surface area contributed by atoms with Gasteiger partial charge in [0.2, 0.25) is 10.0 Å². The number of sulfonamides is 1. The number of nitro groups is 1. The van der Waals surface area contributed by atoms with Gasteiger partial charge in [-0.3, -0.25) is 10.1 Å². The molecule has 0 spiro atoms. The molecule has 10 heteroatoms. The molecular formula is C12H12FN3O4S2. The van der Waals surface area contributed by atoms with Crippen LogP contribution in [-0.4, -0.2) is 24.9 Å². The number of hydrogen-bond acceptors (Lipinski definition) is 6. The van der Waals surface area contributed by atoms with Crippen LogP contribution < -0.4 is 4.72 Å². The monoisotopic (exact) mass is 345 g/mol. The number of nitrogens with zero attached hydrogens (tertiary/aromatic N) is 2. The highest BCUT2D eigenvalue weighted by Crippen LogP contribution is 2.25. The summed E-state index contributed by atoms with van der Waals surface area (Å²) in [5.41, 5.74) is 1.59. The van der Waals surface area contributed by atoms with Gasteiger partial charge in [0.15, 0.2) is 0 Å². The van der Waals surface area contributed by atoms with Gasteiger partial charge in [-0.25, -0.2) is 22.5 Å². The maximum Gasteiger partial charge on any atom is 0.276 e. The number of thiazole rings is 1. The van der Waals surface area contributed by atoms with E-state index >= 15 is 0 Å². The Hall–Kier alpha value is -1.91. The number of hydrogen-bond donors (Lipinski definition) is 1. The van der Waals surface area contributed by atoms with Crippen LogP contribution in [0.2, 0.25) is 0 Å². The fourth-order valence-electron chi connectivity index (χ4n) is 1.74. The van der Waals surface area contributed by atoms with Crippen LogP contribution in [0.15, 0.2) is 27.9 Å². The van der Waals surface area contributed by atoms with Gasteiger partial charge in [-0.2, -0.15) is 0 Å². The van der Waals surface area contributed by atoms with Crippen molar-refractivity contribution < 1.29 is 17.7 Å². The summed E-state index contributed by atoms with van der Waals surface area (Å²) in [6.07, 6.45) is 0.374. The van der Waals surface area contributed by atoms with Crippen LogP contribution in [0.4, 0.5) is 10.1 Å². The first-order valence-electron chi connectivity index (χ1n) is 6.12. The molecular weight excluding hydrogens is 333 g/mol. The normalized spacial score (nSPS) is 11.5. The highest BCUT2D eigenvalue weighted by atomic mass is 32.2. The summed E-state index contributed by atoms with van der Waals surface area (Å²) >= 11 is 1.39. The van der Waals surface area contributed by atoms with Crippen molar-refractivity contribution in [3.8, 4) is 0 Å². The zero-order chi connectivity index (χ0) is 16.3. The first-order chi connectivity index (χ1) is 10.3. The van der Waals surface area contributed by atoms with E-state index < -0.39 is 31.3 Å². The Balaban J connectivity index is 2.20. The fraction of sp³-hybridized carbons (Fsp3) is 0.250. The van der Waals surface area contributed by atoms with Crippen molar-refractivity contribution in [1.82, 2.24) is 9.71 Å². The highest BCUT2D eigenvalue weighted by molar-refractivity contribution is 7.89. The lowest BCUT2D eigenvalue weighted by atomic mass is 10.2. The number of halogens is 1. The van der Waals surface area contributed by atoms with Crippen LogP contribution in [0, 0.1) is 22.9 Å². The quantitative estimate of drug-likeness (QED) is 0.637. The number of nitrogens with one attached hydrogen (secondary N) is 1. The van der Waals surface area contributed by atoms with Crippen molar-refractivity contribution in [2.45, 2.75) is 18.2 Å². The van der Waals surface area contributed by atoms with E-state index in [4.69, 9.17) is 0 Å². The third kappa shape index (κ3) is 3.64. The molecule has 22 heavy (non-hydrogen) atoms. The van der Waals surface area contributed by atoms with Gasteiger partial charge in [0.05, 0.1) is 26.6 Å². The molecule has 0 radical (unpaired) electrons. The lowest BCUT2D eigenvalue weighted by Gasteiger charge is -2.07. The second-order valence-corrected chi connectivity index (χ2v) is 6.92. The van der Waals surface area contributed by atoms with Gasteiger partial charge in [-0.15, -0.1) is 11.3 Å². The van der Waals surface area contributed by atoms with E-state index in [0.717, 1.165) is 17.8 Å². The summed E-state index contributed by atoms with van der Waals surface area (Å²) < 4.78 is 40.1.